The van der Waals surface area contributed by atoms with Crippen molar-refractivity contribution in [1.82, 2.24) is 29.9 Å². The number of anilines is 4. The summed E-state index contributed by atoms with van der Waals surface area (Å²) < 4.78 is 0. The Morgan fingerprint density at radius 1 is 0.474 bits per heavy atom. The number of rotatable bonds is 16. The zero-order chi connectivity index (χ0) is 40.6. The molecular weight excluding hydrogens is 781 g/mol. The van der Waals surface area contributed by atoms with Crippen LogP contribution in [0.25, 0.3) is 45.0 Å². The number of carboxylic acid groups (broad SMARTS) is 4. The van der Waals surface area contributed by atoms with Gasteiger partial charge in [0.2, 0.25) is 16.5 Å². The van der Waals surface area contributed by atoms with Gasteiger partial charge in [0.1, 0.15) is 37.8 Å². The first-order chi connectivity index (χ1) is 27.3. The molecule has 0 unspecified atom stereocenters. The first-order valence-corrected chi connectivity index (χ1v) is 17.4. The van der Waals surface area contributed by atoms with Gasteiger partial charge in [-0.15, -0.1) is 0 Å². The Balaban J connectivity index is 1.38. The maximum absolute atomic E-state index is 11.6. The van der Waals surface area contributed by atoms with Gasteiger partial charge in [0.05, 0.1) is 22.8 Å². The Labute approximate surface area is 332 Å². The SMILES string of the molecule is O=C(O)CN(CC(=O)O)c1cccc(-c2cc(-c3ccc(-c4ccc(Nc5nc(Cl)nc(Cl)n5)cc4)cc3)cc(-c3cccc(N(CC(=O)O)CC(=O)O)n3)n2)n1. The minimum absolute atomic E-state index is 0.0477. The van der Waals surface area contributed by atoms with Gasteiger partial charge in [-0.05, 0) is 94.0 Å². The number of aromatic nitrogens is 6. The lowest BCUT2D eigenvalue weighted by atomic mass is 9.99. The van der Waals surface area contributed by atoms with Crippen molar-refractivity contribution in [3.8, 4) is 45.0 Å². The number of nitrogens with zero attached hydrogens (tertiary/aromatic N) is 8. The van der Waals surface area contributed by atoms with Crippen LogP contribution in [0.2, 0.25) is 10.6 Å². The molecule has 0 bridgehead atoms. The lowest BCUT2D eigenvalue weighted by Crippen LogP contribution is -2.35. The summed E-state index contributed by atoms with van der Waals surface area (Å²) in [7, 11) is 0. The zero-order valence-electron chi connectivity index (χ0n) is 29.3. The van der Waals surface area contributed by atoms with Crippen molar-refractivity contribution in [3.63, 3.8) is 0 Å². The molecule has 5 N–H and O–H groups in total. The molecule has 4 aromatic heterocycles. The van der Waals surface area contributed by atoms with E-state index in [1.165, 1.54) is 12.1 Å². The fourth-order valence-electron chi connectivity index (χ4n) is 5.64. The number of aliphatic carboxylic acids is 4. The van der Waals surface area contributed by atoms with E-state index < -0.39 is 50.1 Å². The van der Waals surface area contributed by atoms with Crippen molar-refractivity contribution < 1.29 is 39.6 Å². The van der Waals surface area contributed by atoms with Gasteiger partial charge in [0.15, 0.2) is 0 Å². The van der Waals surface area contributed by atoms with Crippen LogP contribution in [0.5, 0.6) is 0 Å². The smallest absolute Gasteiger partial charge is 0.323 e. The maximum atomic E-state index is 11.6. The lowest BCUT2D eigenvalue weighted by molar-refractivity contribution is -0.138. The summed E-state index contributed by atoms with van der Waals surface area (Å²) in [5.41, 5.74) is 5.12. The summed E-state index contributed by atoms with van der Waals surface area (Å²) >= 11 is 11.8. The van der Waals surface area contributed by atoms with Crippen LogP contribution in [0.15, 0.2) is 97.1 Å². The van der Waals surface area contributed by atoms with E-state index >= 15 is 0 Å². The molecule has 0 atom stereocenters. The highest BCUT2D eigenvalue weighted by atomic mass is 35.5. The fraction of sp³-hybridized carbons (Fsp3) is 0.105. The molecule has 0 aliphatic carbocycles. The van der Waals surface area contributed by atoms with Crippen LogP contribution in [-0.2, 0) is 19.2 Å². The van der Waals surface area contributed by atoms with E-state index in [0.29, 0.717) is 22.6 Å². The van der Waals surface area contributed by atoms with Crippen molar-refractivity contribution in [2.45, 2.75) is 0 Å². The Kier molecular flexibility index (Phi) is 12.1. The summed E-state index contributed by atoms with van der Waals surface area (Å²) in [5.74, 6) is -4.61. The Morgan fingerprint density at radius 2 is 0.860 bits per heavy atom. The Morgan fingerprint density at radius 3 is 1.26 bits per heavy atom. The van der Waals surface area contributed by atoms with Gasteiger partial charge >= 0.3 is 23.9 Å². The molecule has 0 saturated carbocycles. The van der Waals surface area contributed by atoms with Crippen LogP contribution < -0.4 is 15.1 Å². The van der Waals surface area contributed by atoms with Gasteiger partial charge in [-0.1, -0.05) is 48.5 Å². The minimum atomic E-state index is -1.25. The van der Waals surface area contributed by atoms with E-state index in [9.17, 15) is 39.6 Å². The number of carboxylic acids is 4. The van der Waals surface area contributed by atoms with E-state index in [2.05, 4.69) is 30.2 Å². The monoisotopic (exact) mass is 809 g/mol. The van der Waals surface area contributed by atoms with Crippen molar-refractivity contribution >= 4 is 70.4 Å². The number of benzene rings is 2. The summed E-state index contributed by atoms with van der Waals surface area (Å²) in [6, 6.07) is 28.1. The Bertz CT molecular complexity index is 2320. The number of nitrogens with one attached hydrogen (secondary N) is 1. The molecule has 6 rings (SSSR count). The molecule has 0 saturated heterocycles. The van der Waals surface area contributed by atoms with Gasteiger partial charge in [-0.2, -0.15) is 15.0 Å². The Hall–Kier alpha value is -7.24. The lowest BCUT2D eigenvalue weighted by Gasteiger charge is -2.20. The number of hydrogen-bond acceptors (Lipinski definition) is 13. The molecule has 0 amide bonds. The largest absolute Gasteiger partial charge is 0.480 e. The summed E-state index contributed by atoms with van der Waals surface area (Å²) in [6.45, 7) is -2.46. The van der Waals surface area contributed by atoms with Gasteiger partial charge < -0.3 is 35.5 Å². The molecule has 57 heavy (non-hydrogen) atoms. The number of pyridine rings is 3. The van der Waals surface area contributed by atoms with E-state index in [1.54, 1.807) is 36.4 Å². The molecule has 6 aromatic rings. The van der Waals surface area contributed by atoms with Crippen LogP contribution in [0.1, 0.15) is 0 Å². The third-order valence-electron chi connectivity index (χ3n) is 8.04. The van der Waals surface area contributed by atoms with Crippen LogP contribution in [-0.4, -0.2) is 100 Å². The summed E-state index contributed by atoms with van der Waals surface area (Å²) in [5, 5.41) is 40.7. The van der Waals surface area contributed by atoms with Gasteiger partial charge in [-0.3, -0.25) is 19.2 Å². The molecule has 4 heterocycles. The van der Waals surface area contributed by atoms with E-state index in [0.717, 1.165) is 26.5 Å². The van der Waals surface area contributed by atoms with Crippen molar-refractivity contribution in [2.24, 2.45) is 0 Å². The zero-order valence-corrected chi connectivity index (χ0v) is 30.8. The molecule has 0 spiro atoms. The first kappa shape index (κ1) is 39.5. The van der Waals surface area contributed by atoms with Gasteiger partial charge in [-0.25, -0.2) is 15.0 Å². The summed E-state index contributed by atoms with van der Waals surface area (Å²) in [6.07, 6.45) is 0. The van der Waals surface area contributed by atoms with E-state index in [4.69, 9.17) is 28.2 Å². The second-order valence-corrected chi connectivity index (χ2v) is 12.8. The molecule has 19 heteroatoms. The quantitative estimate of drug-likeness (QED) is 0.0784. The third-order valence-corrected chi connectivity index (χ3v) is 8.38. The van der Waals surface area contributed by atoms with Crippen LogP contribution >= 0.6 is 23.2 Å². The van der Waals surface area contributed by atoms with Crippen LogP contribution in [0.3, 0.4) is 0 Å². The highest BCUT2D eigenvalue weighted by Crippen LogP contribution is 2.32. The normalized spacial score (nSPS) is 10.8. The standard InChI is InChI=1S/C38H29Cl2N9O8/c39-36-45-37(40)47-38(46-36)41-25-13-11-22(12-14-25)21-7-9-23(10-8-21)24-15-28(26-3-1-5-30(43-26)48(17-32(50)51)18-33(52)53)42-29(16-24)27-4-2-6-31(44-27)49(19-34(54)55)20-35(56)57/h1-16H,17-20H2,(H,50,51)(H,52,53)(H,54,55)(H,56,57)(H,41,45,46,47). The van der Waals surface area contributed by atoms with Crippen LogP contribution in [0, 0.1) is 0 Å². The highest BCUT2D eigenvalue weighted by molar-refractivity contribution is 6.31. The van der Waals surface area contributed by atoms with Crippen molar-refractivity contribution in [2.75, 3.05) is 41.3 Å². The molecule has 0 fully saturated rings. The topological polar surface area (TPSA) is 245 Å². The second kappa shape index (κ2) is 17.5. The molecule has 0 radical (unpaired) electrons. The number of hydrogen-bond donors (Lipinski definition) is 5. The van der Waals surface area contributed by atoms with Gasteiger partial charge in [0, 0.05) is 5.69 Å². The maximum Gasteiger partial charge on any atom is 0.323 e. The van der Waals surface area contributed by atoms with Gasteiger partial charge in [0.25, 0.3) is 0 Å². The molecule has 0 aliphatic heterocycles. The molecule has 288 valence electrons. The number of halogens is 2. The average molecular weight is 811 g/mol. The van der Waals surface area contributed by atoms with Crippen molar-refractivity contribution in [3.05, 3.63) is 108 Å². The van der Waals surface area contributed by atoms with E-state index in [1.807, 2.05) is 48.5 Å². The third kappa shape index (κ3) is 10.5. The molecule has 2 aromatic carbocycles. The predicted molar refractivity (Wildman–Crippen MR) is 210 cm³/mol. The molecular formula is C38H29Cl2N9O8. The fourth-order valence-corrected chi connectivity index (χ4v) is 6.01. The van der Waals surface area contributed by atoms with Crippen molar-refractivity contribution in [1.29, 1.82) is 0 Å². The highest BCUT2D eigenvalue weighted by Gasteiger charge is 2.20. The summed E-state index contributed by atoms with van der Waals surface area (Å²) in [4.78, 5) is 74.2. The predicted octanol–water partition coefficient (Wildman–Crippen LogP) is 5.73. The molecule has 17 nitrogen and oxygen atoms in total. The minimum Gasteiger partial charge on any atom is -0.480 e. The first-order valence-electron chi connectivity index (χ1n) is 16.7. The molecule has 0 aliphatic rings. The second-order valence-electron chi connectivity index (χ2n) is 12.2. The average Bonchev–Trinajstić information content (AvgIpc) is 3.16. The number of carbonyl (C=O) groups is 4. The van der Waals surface area contributed by atoms with Crippen LogP contribution in [0.4, 0.5) is 23.3 Å². The van der Waals surface area contributed by atoms with E-state index in [-0.39, 0.29) is 39.5 Å².